The zero-order chi connectivity index (χ0) is 33.3. The van der Waals surface area contributed by atoms with Crippen molar-refractivity contribution < 1.29 is 43.0 Å². The summed E-state index contributed by atoms with van der Waals surface area (Å²) in [6.07, 6.45) is 27.7. The normalized spacial score (nSPS) is 14.3. The summed E-state index contributed by atoms with van der Waals surface area (Å²) in [5, 5.41) is 18.2. The summed E-state index contributed by atoms with van der Waals surface area (Å²) < 4.78 is 33.2. The largest absolute Gasteiger partial charge is 0.472 e. The maximum atomic E-state index is 12.5. The van der Waals surface area contributed by atoms with Gasteiger partial charge in [-0.2, -0.15) is 0 Å². The van der Waals surface area contributed by atoms with Gasteiger partial charge in [0.2, 0.25) is 0 Å². The lowest BCUT2D eigenvalue weighted by Gasteiger charge is -2.20. The predicted molar refractivity (Wildman–Crippen MR) is 182 cm³/mol. The maximum absolute atomic E-state index is 12.5. The van der Waals surface area contributed by atoms with Gasteiger partial charge in [0.1, 0.15) is 12.2 Å². The van der Waals surface area contributed by atoms with Crippen molar-refractivity contribution >= 4 is 13.8 Å². The van der Waals surface area contributed by atoms with Crippen LogP contribution in [0.3, 0.4) is 0 Å². The number of esters is 1. The molecule has 0 aromatic rings. The number of carbonyl (C=O) groups excluding carboxylic acids is 1. The minimum absolute atomic E-state index is 0.0571. The predicted octanol–water partition coefficient (Wildman–Crippen LogP) is 9.19. The number of rotatable bonds is 36. The second-order valence-electron chi connectivity index (χ2n) is 12.6. The Balaban J connectivity index is 4.21. The molecule has 0 fully saturated rings. The molecule has 0 rings (SSSR count). The highest BCUT2D eigenvalue weighted by molar-refractivity contribution is 7.47. The molecular weight excluding hydrogens is 595 g/mol. The number of hydrogen-bond donors (Lipinski definition) is 3. The van der Waals surface area contributed by atoms with Crippen molar-refractivity contribution in [1.82, 2.24) is 0 Å². The van der Waals surface area contributed by atoms with Crippen LogP contribution in [0.1, 0.15) is 174 Å². The van der Waals surface area contributed by atoms with Gasteiger partial charge in [-0.1, -0.05) is 155 Å². The molecule has 0 radical (unpaired) electrons. The Bertz CT molecular complexity index is 680. The third-order valence-electron chi connectivity index (χ3n) is 8.04. The van der Waals surface area contributed by atoms with Gasteiger partial charge in [-0.3, -0.25) is 13.8 Å². The van der Waals surface area contributed by atoms with Crippen LogP contribution in [0.2, 0.25) is 0 Å². The van der Waals surface area contributed by atoms with E-state index in [-0.39, 0.29) is 25.6 Å². The maximum Gasteiger partial charge on any atom is 0.472 e. The van der Waals surface area contributed by atoms with Crippen LogP contribution in [0, 0.1) is 0 Å². The van der Waals surface area contributed by atoms with Crippen molar-refractivity contribution in [2.24, 2.45) is 0 Å². The average Bonchev–Trinajstić information content (AvgIpc) is 3.03. The van der Waals surface area contributed by atoms with Crippen LogP contribution in [0.25, 0.3) is 0 Å². The first kappa shape index (κ1) is 44.5. The van der Waals surface area contributed by atoms with E-state index >= 15 is 0 Å². The third kappa shape index (κ3) is 33.2. The lowest BCUT2D eigenvalue weighted by atomic mass is 10.0. The summed E-state index contributed by atoms with van der Waals surface area (Å²) >= 11 is 0. The highest BCUT2D eigenvalue weighted by Gasteiger charge is 2.26. The first-order valence-corrected chi connectivity index (χ1v) is 20.0. The number of unbranched alkanes of at least 4 members (excludes halogenated alkanes) is 22. The SMILES string of the molecule is CCCCCCCCCCCCCCCOCC(COP(=O)(O)OCC(O)CO)OC(=O)CCCCCCCCCCCCC. The summed E-state index contributed by atoms with van der Waals surface area (Å²) in [6.45, 7) is 3.53. The van der Waals surface area contributed by atoms with Crippen LogP contribution in [0.5, 0.6) is 0 Å². The summed E-state index contributed by atoms with van der Waals surface area (Å²) in [5.74, 6) is -0.381. The van der Waals surface area contributed by atoms with E-state index in [0.29, 0.717) is 6.61 Å². The van der Waals surface area contributed by atoms with E-state index < -0.39 is 33.2 Å². The second kappa shape index (κ2) is 33.4. The molecule has 3 atom stereocenters. The van der Waals surface area contributed by atoms with Crippen LogP contribution in [-0.2, 0) is 27.9 Å². The van der Waals surface area contributed by atoms with Gasteiger partial charge in [0.05, 0.1) is 26.4 Å². The van der Waals surface area contributed by atoms with Gasteiger partial charge in [0.15, 0.2) is 0 Å². The first-order valence-electron chi connectivity index (χ1n) is 18.5. The molecule has 270 valence electrons. The standard InChI is InChI=1S/C35H71O9P/c1-3-5-7-9-11-13-15-16-18-20-22-24-26-28-41-31-34(32-43-45(39,40)42-30-33(37)29-36)44-35(38)27-25-23-21-19-17-14-12-10-8-6-4-2/h33-34,36-37H,3-32H2,1-2H3,(H,39,40). The van der Waals surface area contributed by atoms with Crippen molar-refractivity contribution in [3.8, 4) is 0 Å². The second-order valence-corrected chi connectivity index (χ2v) is 14.1. The summed E-state index contributed by atoms with van der Waals surface area (Å²) in [4.78, 5) is 22.4. The van der Waals surface area contributed by atoms with E-state index in [4.69, 9.17) is 23.6 Å². The minimum atomic E-state index is -4.50. The molecule has 0 spiro atoms. The lowest BCUT2D eigenvalue weighted by Crippen LogP contribution is -2.29. The van der Waals surface area contributed by atoms with Gasteiger partial charge in [-0.15, -0.1) is 0 Å². The van der Waals surface area contributed by atoms with Gasteiger partial charge in [-0.25, -0.2) is 4.57 Å². The number of phosphoric ester groups is 1. The monoisotopic (exact) mass is 666 g/mol. The smallest absolute Gasteiger partial charge is 0.457 e. The zero-order valence-electron chi connectivity index (χ0n) is 29.1. The molecule has 10 heteroatoms. The Labute approximate surface area is 276 Å². The van der Waals surface area contributed by atoms with Gasteiger partial charge in [-0.05, 0) is 12.8 Å². The van der Waals surface area contributed by atoms with Crippen molar-refractivity contribution in [1.29, 1.82) is 0 Å². The van der Waals surface area contributed by atoms with E-state index in [2.05, 4.69) is 13.8 Å². The molecule has 0 aliphatic rings. The molecule has 0 bridgehead atoms. The molecule has 0 aromatic heterocycles. The van der Waals surface area contributed by atoms with Crippen molar-refractivity contribution in [3.05, 3.63) is 0 Å². The first-order chi connectivity index (χ1) is 21.8. The van der Waals surface area contributed by atoms with Crippen molar-refractivity contribution in [3.63, 3.8) is 0 Å². The third-order valence-corrected chi connectivity index (χ3v) is 8.99. The molecule has 0 amide bonds. The average molecular weight is 667 g/mol. The lowest BCUT2D eigenvalue weighted by molar-refractivity contribution is -0.154. The van der Waals surface area contributed by atoms with Gasteiger partial charge in [0, 0.05) is 13.0 Å². The number of aliphatic hydroxyl groups excluding tert-OH is 2. The zero-order valence-corrected chi connectivity index (χ0v) is 30.0. The molecule has 0 aliphatic heterocycles. The summed E-state index contributed by atoms with van der Waals surface area (Å²) in [7, 11) is -4.50. The van der Waals surface area contributed by atoms with Gasteiger partial charge >= 0.3 is 13.8 Å². The Morgan fingerprint density at radius 3 is 1.44 bits per heavy atom. The van der Waals surface area contributed by atoms with Crippen LogP contribution in [-0.4, -0.2) is 66.3 Å². The number of hydrogen-bond acceptors (Lipinski definition) is 8. The van der Waals surface area contributed by atoms with Gasteiger partial charge < -0.3 is 24.6 Å². The van der Waals surface area contributed by atoms with Crippen LogP contribution in [0.15, 0.2) is 0 Å². The summed E-state index contributed by atoms with van der Waals surface area (Å²) in [6, 6.07) is 0. The molecule has 45 heavy (non-hydrogen) atoms. The van der Waals surface area contributed by atoms with Crippen LogP contribution in [0.4, 0.5) is 0 Å². The molecule has 0 saturated heterocycles. The Morgan fingerprint density at radius 1 is 0.600 bits per heavy atom. The molecular formula is C35H71O9P. The number of ether oxygens (including phenoxy) is 2. The van der Waals surface area contributed by atoms with E-state index in [1.54, 1.807) is 0 Å². The Kier molecular flexibility index (Phi) is 33.0. The number of phosphoric acid groups is 1. The quantitative estimate of drug-likeness (QED) is 0.0340. The number of aliphatic hydroxyl groups is 2. The molecule has 9 nitrogen and oxygen atoms in total. The van der Waals surface area contributed by atoms with E-state index in [1.165, 1.54) is 122 Å². The Morgan fingerprint density at radius 2 is 1.00 bits per heavy atom. The van der Waals surface area contributed by atoms with Gasteiger partial charge in [0.25, 0.3) is 0 Å². The fraction of sp³-hybridized carbons (Fsp3) is 0.971. The van der Waals surface area contributed by atoms with Crippen LogP contribution >= 0.6 is 7.82 Å². The topological polar surface area (TPSA) is 132 Å². The summed E-state index contributed by atoms with van der Waals surface area (Å²) in [5.41, 5.74) is 0. The van der Waals surface area contributed by atoms with Crippen molar-refractivity contribution in [2.75, 3.05) is 33.0 Å². The Hall–Kier alpha value is -0.540. The molecule has 0 aliphatic carbocycles. The fourth-order valence-electron chi connectivity index (χ4n) is 5.18. The fourth-order valence-corrected chi connectivity index (χ4v) is 5.97. The molecule has 3 N–H and O–H groups in total. The minimum Gasteiger partial charge on any atom is -0.457 e. The highest BCUT2D eigenvalue weighted by Crippen LogP contribution is 2.43. The van der Waals surface area contributed by atoms with E-state index in [9.17, 15) is 19.4 Å². The molecule has 0 saturated carbocycles. The number of carbonyl (C=O) groups is 1. The highest BCUT2D eigenvalue weighted by atomic mass is 31.2. The van der Waals surface area contributed by atoms with Crippen molar-refractivity contribution in [2.45, 2.75) is 187 Å². The van der Waals surface area contributed by atoms with E-state index in [0.717, 1.165) is 32.1 Å². The van der Waals surface area contributed by atoms with Crippen LogP contribution < -0.4 is 0 Å². The molecule has 3 unspecified atom stereocenters. The molecule has 0 heterocycles. The molecule has 0 aromatic carbocycles. The van der Waals surface area contributed by atoms with E-state index in [1.807, 2.05) is 0 Å².